The van der Waals surface area contributed by atoms with Crippen molar-refractivity contribution in [1.29, 1.82) is 0 Å². The molecule has 3 nitrogen and oxygen atoms in total. The molecular weight excluding hydrogens is 190 g/mol. The van der Waals surface area contributed by atoms with E-state index in [1.165, 1.54) is 19.3 Å². The summed E-state index contributed by atoms with van der Waals surface area (Å²) in [5.41, 5.74) is 0. The molecule has 0 aromatic rings. The van der Waals surface area contributed by atoms with Crippen LogP contribution in [0.2, 0.25) is 0 Å². The molecule has 0 spiro atoms. The lowest BCUT2D eigenvalue weighted by atomic mass is 9.94. The maximum atomic E-state index is 11.0. The third-order valence-electron chi connectivity index (χ3n) is 3.19. The van der Waals surface area contributed by atoms with Gasteiger partial charge in [0.15, 0.2) is 0 Å². The molecule has 1 aliphatic rings. The zero-order chi connectivity index (χ0) is 11.1. The number of hydrogen-bond donors (Lipinski definition) is 2. The van der Waals surface area contributed by atoms with Gasteiger partial charge in [0.1, 0.15) is 6.04 Å². The highest BCUT2D eigenvalue weighted by Gasteiger charge is 2.21. The molecule has 0 aromatic carbocycles. The topological polar surface area (TPSA) is 49.3 Å². The highest BCUT2D eigenvalue weighted by atomic mass is 16.4. The first-order valence-electron chi connectivity index (χ1n) is 6.23. The van der Waals surface area contributed by atoms with Gasteiger partial charge in [0.2, 0.25) is 0 Å². The van der Waals surface area contributed by atoms with Crippen LogP contribution in [-0.4, -0.2) is 23.2 Å². The largest absolute Gasteiger partial charge is 0.480 e. The summed E-state index contributed by atoms with van der Waals surface area (Å²) < 4.78 is 0. The molecule has 88 valence electrons. The summed E-state index contributed by atoms with van der Waals surface area (Å²) in [5, 5.41) is 12.4. The van der Waals surface area contributed by atoms with Gasteiger partial charge >= 0.3 is 5.97 Å². The van der Waals surface area contributed by atoms with Crippen molar-refractivity contribution >= 4 is 5.97 Å². The lowest BCUT2D eigenvalue weighted by Crippen LogP contribution is -2.44. The van der Waals surface area contributed by atoms with Gasteiger partial charge in [-0.2, -0.15) is 0 Å². The smallest absolute Gasteiger partial charge is 0.320 e. The minimum atomic E-state index is -0.686. The number of carboxylic acid groups (broad SMARTS) is 1. The van der Waals surface area contributed by atoms with Crippen LogP contribution in [0.15, 0.2) is 0 Å². The van der Waals surface area contributed by atoms with E-state index in [0.717, 1.165) is 32.1 Å². The Morgan fingerprint density at radius 2 is 2.07 bits per heavy atom. The number of hydrogen-bond acceptors (Lipinski definition) is 2. The normalized spacial score (nSPS) is 20.1. The quantitative estimate of drug-likeness (QED) is 0.713. The minimum Gasteiger partial charge on any atom is -0.480 e. The second kappa shape index (κ2) is 6.83. The molecule has 0 aromatic heterocycles. The Hall–Kier alpha value is -0.570. The second-order valence-corrected chi connectivity index (χ2v) is 4.53. The minimum absolute atomic E-state index is 0.326. The molecule has 1 unspecified atom stereocenters. The van der Waals surface area contributed by atoms with Crippen molar-refractivity contribution in [2.75, 3.05) is 0 Å². The van der Waals surface area contributed by atoms with Crippen molar-refractivity contribution in [3.8, 4) is 0 Å². The van der Waals surface area contributed by atoms with Crippen LogP contribution in [0, 0.1) is 0 Å². The van der Waals surface area contributed by atoms with Crippen molar-refractivity contribution in [3.63, 3.8) is 0 Å². The maximum Gasteiger partial charge on any atom is 0.320 e. The highest BCUT2D eigenvalue weighted by Crippen LogP contribution is 2.18. The molecule has 15 heavy (non-hydrogen) atoms. The Kier molecular flexibility index (Phi) is 5.69. The molecule has 3 heteroatoms. The van der Waals surface area contributed by atoms with Gasteiger partial charge in [-0.3, -0.25) is 4.79 Å². The molecule has 0 amide bonds. The van der Waals surface area contributed by atoms with Crippen LogP contribution in [-0.2, 0) is 4.79 Å². The molecule has 1 fully saturated rings. The van der Waals surface area contributed by atoms with Gasteiger partial charge in [-0.25, -0.2) is 0 Å². The Morgan fingerprint density at radius 3 is 2.60 bits per heavy atom. The van der Waals surface area contributed by atoms with Gasteiger partial charge in [0, 0.05) is 6.04 Å². The van der Waals surface area contributed by atoms with Gasteiger partial charge in [-0.15, -0.1) is 0 Å². The van der Waals surface area contributed by atoms with E-state index in [1.807, 2.05) is 0 Å². The van der Waals surface area contributed by atoms with Crippen LogP contribution in [0.1, 0.15) is 58.3 Å². The molecule has 0 aliphatic heterocycles. The molecule has 1 rings (SSSR count). The fourth-order valence-electron chi connectivity index (χ4n) is 2.24. The predicted molar refractivity (Wildman–Crippen MR) is 61.0 cm³/mol. The summed E-state index contributed by atoms with van der Waals surface area (Å²) in [6, 6.07) is 0.116. The SMILES string of the molecule is CCCCC(NC1CCCCC1)C(=O)O. The van der Waals surface area contributed by atoms with E-state index in [-0.39, 0.29) is 6.04 Å². The van der Waals surface area contributed by atoms with E-state index in [4.69, 9.17) is 5.11 Å². The van der Waals surface area contributed by atoms with Gasteiger partial charge in [0.25, 0.3) is 0 Å². The number of unbranched alkanes of at least 4 members (excludes halogenated alkanes) is 1. The number of carboxylic acids is 1. The van der Waals surface area contributed by atoms with Gasteiger partial charge in [-0.05, 0) is 19.3 Å². The van der Waals surface area contributed by atoms with E-state index < -0.39 is 5.97 Å². The van der Waals surface area contributed by atoms with Crippen LogP contribution in [0.5, 0.6) is 0 Å². The first kappa shape index (κ1) is 12.5. The number of nitrogens with one attached hydrogen (secondary N) is 1. The fourth-order valence-corrected chi connectivity index (χ4v) is 2.24. The zero-order valence-electron chi connectivity index (χ0n) is 9.67. The van der Waals surface area contributed by atoms with E-state index in [0.29, 0.717) is 6.04 Å². The van der Waals surface area contributed by atoms with Gasteiger partial charge in [-0.1, -0.05) is 39.0 Å². The third kappa shape index (κ3) is 4.65. The standard InChI is InChI=1S/C12H23NO2/c1-2-3-9-11(12(14)15)13-10-7-5-4-6-8-10/h10-11,13H,2-9H2,1H3,(H,14,15). The van der Waals surface area contributed by atoms with Crippen LogP contribution in [0.3, 0.4) is 0 Å². The molecule has 1 saturated carbocycles. The highest BCUT2D eigenvalue weighted by molar-refractivity contribution is 5.73. The van der Waals surface area contributed by atoms with Gasteiger partial charge < -0.3 is 10.4 Å². The predicted octanol–water partition coefficient (Wildman–Crippen LogP) is 2.55. The summed E-state index contributed by atoms with van der Waals surface area (Å²) in [4.78, 5) is 11.0. The molecule has 1 atom stereocenters. The zero-order valence-corrected chi connectivity index (χ0v) is 9.67. The Balaban J connectivity index is 2.31. The second-order valence-electron chi connectivity index (χ2n) is 4.53. The lowest BCUT2D eigenvalue weighted by molar-refractivity contribution is -0.140. The summed E-state index contributed by atoms with van der Waals surface area (Å²) in [6.45, 7) is 2.10. The first-order valence-corrected chi connectivity index (χ1v) is 6.23. The monoisotopic (exact) mass is 213 g/mol. The van der Waals surface area contributed by atoms with Crippen LogP contribution >= 0.6 is 0 Å². The summed E-state index contributed by atoms with van der Waals surface area (Å²) >= 11 is 0. The average Bonchev–Trinajstić information content (AvgIpc) is 2.25. The maximum absolute atomic E-state index is 11.0. The van der Waals surface area contributed by atoms with Crippen LogP contribution in [0.4, 0.5) is 0 Å². The molecule has 0 heterocycles. The number of rotatable bonds is 6. The van der Waals surface area contributed by atoms with E-state index in [1.54, 1.807) is 0 Å². The molecule has 1 aliphatic carbocycles. The molecule has 2 N–H and O–H groups in total. The Bertz CT molecular complexity index is 188. The fraction of sp³-hybridized carbons (Fsp3) is 0.917. The molecular formula is C12H23NO2. The summed E-state index contributed by atoms with van der Waals surface area (Å²) in [5.74, 6) is -0.686. The number of carbonyl (C=O) groups is 1. The van der Waals surface area contributed by atoms with Gasteiger partial charge in [0.05, 0.1) is 0 Å². The van der Waals surface area contributed by atoms with Crippen molar-refractivity contribution in [2.24, 2.45) is 0 Å². The average molecular weight is 213 g/mol. The van der Waals surface area contributed by atoms with E-state index in [9.17, 15) is 4.79 Å². The summed E-state index contributed by atoms with van der Waals surface area (Å²) in [6.07, 6.45) is 8.93. The van der Waals surface area contributed by atoms with Crippen LogP contribution < -0.4 is 5.32 Å². The van der Waals surface area contributed by atoms with E-state index >= 15 is 0 Å². The van der Waals surface area contributed by atoms with Crippen LogP contribution in [0.25, 0.3) is 0 Å². The van der Waals surface area contributed by atoms with Crippen molar-refractivity contribution in [3.05, 3.63) is 0 Å². The van der Waals surface area contributed by atoms with Crippen molar-refractivity contribution < 1.29 is 9.90 Å². The molecule has 0 bridgehead atoms. The third-order valence-corrected chi connectivity index (χ3v) is 3.19. The molecule has 0 saturated heterocycles. The Labute approximate surface area is 92.3 Å². The Morgan fingerprint density at radius 1 is 1.40 bits per heavy atom. The summed E-state index contributed by atoms with van der Waals surface area (Å²) in [7, 11) is 0. The molecule has 0 radical (unpaired) electrons. The number of aliphatic carboxylic acids is 1. The van der Waals surface area contributed by atoms with Crippen molar-refractivity contribution in [1.82, 2.24) is 5.32 Å². The van der Waals surface area contributed by atoms with Crippen molar-refractivity contribution in [2.45, 2.75) is 70.4 Å². The first-order chi connectivity index (χ1) is 7.24. The van der Waals surface area contributed by atoms with E-state index in [2.05, 4.69) is 12.2 Å². The lowest BCUT2D eigenvalue weighted by Gasteiger charge is -2.26.